The van der Waals surface area contributed by atoms with Gasteiger partial charge in [-0.1, -0.05) is 6.92 Å². The Morgan fingerprint density at radius 3 is 2.88 bits per heavy atom. The van der Waals surface area contributed by atoms with Crippen molar-refractivity contribution < 1.29 is 4.74 Å². The van der Waals surface area contributed by atoms with Crippen LogP contribution < -0.4 is 11.1 Å². The van der Waals surface area contributed by atoms with Gasteiger partial charge in [-0.2, -0.15) is 0 Å². The lowest BCUT2D eigenvalue weighted by molar-refractivity contribution is 0.101. The van der Waals surface area contributed by atoms with Gasteiger partial charge in [0.15, 0.2) is 0 Å². The molecule has 1 aromatic heterocycles. The van der Waals surface area contributed by atoms with E-state index in [0.717, 1.165) is 30.6 Å². The number of nitrogens with one attached hydrogen (secondary N) is 1. The molecule has 2 unspecified atom stereocenters. The zero-order valence-electron chi connectivity index (χ0n) is 10.9. The normalized spacial score (nSPS) is 14.5. The minimum atomic E-state index is 0.247. The number of ether oxygens (including phenoxy) is 1. The molecule has 0 amide bonds. The lowest BCUT2D eigenvalue weighted by Gasteiger charge is -2.21. The van der Waals surface area contributed by atoms with Gasteiger partial charge in [-0.25, -0.2) is 0 Å². The van der Waals surface area contributed by atoms with Gasteiger partial charge in [-0.3, -0.25) is 4.98 Å². The van der Waals surface area contributed by atoms with Crippen molar-refractivity contribution in [1.82, 2.24) is 10.3 Å². The highest BCUT2D eigenvalue weighted by molar-refractivity contribution is 5.44. The molecular formula is C13H23N3O. The zero-order chi connectivity index (χ0) is 12.7. The lowest BCUT2D eigenvalue weighted by atomic mass is 10.0. The Bertz CT molecular complexity index is 330. The molecule has 0 radical (unpaired) electrons. The summed E-state index contributed by atoms with van der Waals surface area (Å²) in [6.07, 6.45) is 5.67. The fourth-order valence-electron chi connectivity index (χ4n) is 1.90. The van der Waals surface area contributed by atoms with Gasteiger partial charge in [-0.05, 0) is 37.9 Å². The second kappa shape index (κ2) is 7.25. The van der Waals surface area contributed by atoms with Crippen LogP contribution in [0.1, 0.15) is 25.8 Å². The Hall–Kier alpha value is -1.13. The molecule has 0 bridgehead atoms. The molecule has 1 rings (SSSR count). The van der Waals surface area contributed by atoms with Crippen molar-refractivity contribution >= 4 is 5.69 Å². The highest BCUT2D eigenvalue weighted by atomic mass is 16.5. The molecule has 0 aliphatic heterocycles. The summed E-state index contributed by atoms with van der Waals surface area (Å²) in [4.78, 5) is 4.12. The molecule has 1 aromatic rings. The second-order valence-corrected chi connectivity index (χ2v) is 4.32. The fourth-order valence-corrected chi connectivity index (χ4v) is 1.90. The van der Waals surface area contributed by atoms with E-state index in [9.17, 15) is 0 Å². The van der Waals surface area contributed by atoms with Gasteiger partial charge < -0.3 is 15.8 Å². The quantitative estimate of drug-likeness (QED) is 0.756. The summed E-state index contributed by atoms with van der Waals surface area (Å²) in [7, 11) is 1.74. The Labute approximate surface area is 104 Å². The van der Waals surface area contributed by atoms with Crippen LogP contribution in [0.2, 0.25) is 0 Å². The first-order valence-corrected chi connectivity index (χ1v) is 6.11. The third-order valence-electron chi connectivity index (χ3n) is 2.92. The second-order valence-electron chi connectivity index (χ2n) is 4.32. The van der Waals surface area contributed by atoms with Crippen LogP contribution in [0.3, 0.4) is 0 Å². The summed E-state index contributed by atoms with van der Waals surface area (Å²) in [6.45, 7) is 5.13. The van der Waals surface area contributed by atoms with E-state index < -0.39 is 0 Å². The van der Waals surface area contributed by atoms with Crippen molar-refractivity contribution in [1.29, 1.82) is 0 Å². The van der Waals surface area contributed by atoms with Crippen LogP contribution in [0.25, 0.3) is 0 Å². The molecule has 0 saturated heterocycles. The molecule has 0 spiro atoms. The van der Waals surface area contributed by atoms with Crippen LogP contribution in [-0.4, -0.2) is 30.8 Å². The van der Waals surface area contributed by atoms with Crippen molar-refractivity contribution in [3.05, 3.63) is 24.0 Å². The number of likely N-dealkylation sites (N-methyl/N-ethyl adjacent to an activating group) is 1. The van der Waals surface area contributed by atoms with Crippen LogP contribution in [0, 0.1) is 0 Å². The molecule has 96 valence electrons. The van der Waals surface area contributed by atoms with Gasteiger partial charge >= 0.3 is 0 Å². The molecule has 0 aliphatic rings. The SMILES string of the molecule is CCNC(Cc1cnccc1N)CC(C)OC. The van der Waals surface area contributed by atoms with Gasteiger partial charge in [0.1, 0.15) is 0 Å². The van der Waals surface area contributed by atoms with Crippen molar-refractivity contribution in [2.24, 2.45) is 0 Å². The van der Waals surface area contributed by atoms with E-state index in [0.29, 0.717) is 6.04 Å². The Morgan fingerprint density at radius 2 is 2.29 bits per heavy atom. The van der Waals surface area contributed by atoms with E-state index in [1.807, 2.05) is 12.3 Å². The predicted molar refractivity (Wildman–Crippen MR) is 70.9 cm³/mol. The molecule has 4 nitrogen and oxygen atoms in total. The van der Waals surface area contributed by atoms with E-state index in [1.54, 1.807) is 13.3 Å². The number of hydrogen-bond acceptors (Lipinski definition) is 4. The number of nitrogens with two attached hydrogens (primary N) is 1. The van der Waals surface area contributed by atoms with Gasteiger partial charge in [0, 0.05) is 31.2 Å². The number of aromatic nitrogens is 1. The molecule has 0 aliphatic carbocycles. The van der Waals surface area contributed by atoms with E-state index >= 15 is 0 Å². The summed E-state index contributed by atoms with van der Waals surface area (Å²) < 4.78 is 5.31. The molecular weight excluding hydrogens is 214 g/mol. The summed E-state index contributed by atoms with van der Waals surface area (Å²) in [5, 5.41) is 3.46. The highest BCUT2D eigenvalue weighted by Crippen LogP contribution is 2.14. The largest absolute Gasteiger partial charge is 0.398 e. The minimum Gasteiger partial charge on any atom is -0.398 e. The monoisotopic (exact) mass is 237 g/mol. The molecule has 1 heterocycles. The smallest absolute Gasteiger partial charge is 0.0558 e. The molecule has 17 heavy (non-hydrogen) atoms. The number of rotatable bonds is 7. The fraction of sp³-hybridized carbons (Fsp3) is 0.615. The maximum absolute atomic E-state index is 5.93. The van der Waals surface area contributed by atoms with E-state index in [1.165, 1.54) is 0 Å². The van der Waals surface area contributed by atoms with Gasteiger partial charge in [0.05, 0.1) is 6.10 Å². The first-order valence-electron chi connectivity index (χ1n) is 6.11. The van der Waals surface area contributed by atoms with Gasteiger partial charge in [-0.15, -0.1) is 0 Å². The van der Waals surface area contributed by atoms with Crippen LogP contribution in [0.4, 0.5) is 5.69 Å². The topological polar surface area (TPSA) is 60.2 Å². The summed E-state index contributed by atoms with van der Waals surface area (Å²) in [5.41, 5.74) is 7.84. The third-order valence-corrected chi connectivity index (χ3v) is 2.92. The summed E-state index contributed by atoms with van der Waals surface area (Å²) >= 11 is 0. The number of methoxy groups -OCH3 is 1. The number of pyridine rings is 1. The molecule has 4 heteroatoms. The standard InChI is InChI=1S/C13H23N3O/c1-4-16-12(7-10(2)17-3)8-11-9-15-6-5-13(11)14/h5-6,9-10,12,16H,4,7-8H2,1-3H3,(H2,14,15). The zero-order valence-corrected chi connectivity index (χ0v) is 10.9. The number of nitrogens with zero attached hydrogens (tertiary/aromatic N) is 1. The van der Waals surface area contributed by atoms with Gasteiger partial charge in [0.25, 0.3) is 0 Å². The van der Waals surface area contributed by atoms with Crippen molar-refractivity contribution in [3.63, 3.8) is 0 Å². The Morgan fingerprint density at radius 1 is 1.53 bits per heavy atom. The molecule has 3 N–H and O–H groups in total. The molecule has 0 saturated carbocycles. The molecule has 0 fully saturated rings. The van der Waals surface area contributed by atoms with Crippen LogP contribution in [0.15, 0.2) is 18.5 Å². The molecule has 0 aromatic carbocycles. The van der Waals surface area contributed by atoms with E-state index in [-0.39, 0.29) is 6.10 Å². The summed E-state index contributed by atoms with van der Waals surface area (Å²) in [5.74, 6) is 0. The maximum Gasteiger partial charge on any atom is 0.0558 e. The van der Waals surface area contributed by atoms with E-state index in [2.05, 4.69) is 24.1 Å². The Kier molecular flexibility index (Phi) is 5.94. The summed E-state index contributed by atoms with van der Waals surface area (Å²) in [6, 6.07) is 2.22. The van der Waals surface area contributed by atoms with Crippen molar-refractivity contribution in [2.75, 3.05) is 19.4 Å². The minimum absolute atomic E-state index is 0.247. The van der Waals surface area contributed by atoms with Crippen molar-refractivity contribution in [3.8, 4) is 0 Å². The average Bonchev–Trinajstić information content (AvgIpc) is 2.32. The number of nitrogen functional groups attached to an aromatic ring is 1. The average molecular weight is 237 g/mol. The Balaban J connectivity index is 2.63. The van der Waals surface area contributed by atoms with Crippen LogP contribution in [0.5, 0.6) is 0 Å². The predicted octanol–water partition coefficient (Wildman–Crippen LogP) is 1.61. The van der Waals surface area contributed by atoms with Crippen LogP contribution in [-0.2, 0) is 11.2 Å². The highest BCUT2D eigenvalue weighted by Gasteiger charge is 2.13. The van der Waals surface area contributed by atoms with Gasteiger partial charge in [0.2, 0.25) is 0 Å². The van der Waals surface area contributed by atoms with E-state index in [4.69, 9.17) is 10.5 Å². The molecule has 2 atom stereocenters. The number of hydrogen-bond donors (Lipinski definition) is 2. The third kappa shape index (κ3) is 4.71. The maximum atomic E-state index is 5.93. The van der Waals surface area contributed by atoms with Crippen LogP contribution >= 0.6 is 0 Å². The first-order chi connectivity index (χ1) is 8.17. The van der Waals surface area contributed by atoms with Crippen molar-refractivity contribution in [2.45, 2.75) is 38.8 Å². The first kappa shape index (κ1) is 13.9. The number of anilines is 1. The lowest BCUT2D eigenvalue weighted by Crippen LogP contribution is -2.34.